The van der Waals surface area contributed by atoms with E-state index in [-0.39, 0.29) is 29.0 Å². The molecule has 5 heteroatoms. The zero-order chi connectivity index (χ0) is 16.3. The summed E-state index contributed by atoms with van der Waals surface area (Å²) in [6.07, 6.45) is 2.90. The highest BCUT2D eigenvalue weighted by molar-refractivity contribution is 5.82. The van der Waals surface area contributed by atoms with E-state index in [2.05, 4.69) is 10.6 Å². The predicted octanol–water partition coefficient (Wildman–Crippen LogP) is 2.06. The predicted molar refractivity (Wildman–Crippen MR) is 86.7 cm³/mol. The smallest absolute Gasteiger partial charge is 0.223 e. The molecule has 1 amide bonds. The fourth-order valence-corrected chi connectivity index (χ4v) is 3.60. The normalized spacial score (nSPS) is 25.8. The standard InChI is InChI=1S/C18H25FN2O2/c1-23-12-18(6-8-20-9-7-18)11-21-17(22)16-10-15(16)13-2-4-14(19)5-3-13/h2-5,15-16,20H,6-12H2,1H3,(H,21,22). The molecule has 0 aromatic heterocycles. The summed E-state index contributed by atoms with van der Waals surface area (Å²) in [5, 5.41) is 6.49. The Balaban J connectivity index is 1.52. The molecule has 2 unspecified atom stereocenters. The maximum absolute atomic E-state index is 13.0. The maximum Gasteiger partial charge on any atom is 0.223 e. The number of benzene rings is 1. The number of carbonyl (C=O) groups excluding carboxylic acids is 1. The van der Waals surface area contributed by atoms with Crippen LogP contribution in [0.4, 0.5) is 4.39 Å². The maximum atomic E-state index is 13.0. The Hall–Kier alpha value is -1.46. The molecule has 2 N–H and O–H groups in total. The van der Waals surface area contributed by atoms with Crippen molar-refractivity contribution in [3.8, 4) is 0 Å². The SMILES string of the molecule is COCC1(CNC(=O)C2CC2c2ccc(F)cc2)CCNCC1. The topological polar surface area (TPSA) is 50.4 Å². The largest absolute Gasteiger partial charge is 0.384 e. The van der Waals surface area contributed by atoms with Crippen molar-refractivity contribution in [3.05, 3.63) is 35.6 Å². The van der Waals surface area contributed by atoms with Gasteiger partial charge in [-0.1, -0.05) is 12.1 Å². The number of ether oxygens (including phenoxy) is 1. The fraction of sp³-hybridized carbons (Fsp3) is 0.611. The molecular weight excluding hydrogens is 295 g/mol. The van der Waals surface area contributed by atoms with E-state index in [1.54, 1.807) is 19.2 Å². The Morgan fingerprint density at radius 2 is 2.04 bits per heavy atom. The minimum atomic E-state index is -0.234. The summed E-state index contributed by atoms with van der Waals surface area (Å²) in [6, 6.07) is 6.50. The molecule has 0 spiro atoms. The van der Waals surface area contributed by atoms with Gasteiger partial charge in [-0.15, -0.1) is 0 Å². The van der Waals surface area contributed by atoms with E-state index in [0.29, 0.717) is 13.2 Å². The molecule has 126 valence electrons. The molecule has 1 heterocycles. The van der Waals surface area contributed by atoms with Crippen LogP contribution >= 0.6 is 0 Å². The van der Waals surface area contributed by atoms with Crippen molar-refractivity contribution in [1.29, 1.82) is 0 Å². The van der Waals surface area contributed by atoms with E-state index < -0.39 is 0 Å². The molecule has 0 radical (unpaired) electrons. The fourth-order valence-electron chi connectivity index (χ4n) is 3.60. The van der Waals surface area contributed by atoms with Gasteiger partial charge in [0, 0.05) is 25.0 Å². The van der Waals surface area contributed by atoms with Crippen molar-refractivity contribution in [2.45, 2.75) is 25.2 Å². The van der Waals surface area contributed by atoms with Crippen LogP contribution in [0.25, 0.3) is 0 Å². The van der Waals surface area contributed by atoms with E-state index in [0.717, 1.165) is 37.9 Å². The molecule has 23 heavy (non-hydrogen) atoms. The van der Waals surface area contributed by atoms with Crippen LogP contribution in [0, 0.1) is 17.2 Å². The first kappa shape index (κ1) is 16.4. The third-order valence-corrected chi connectivity index (χ3v) is 5.18. The van der Waals surface area contributed by atoms with E-state index in [4.69, 9.17) is 4.74 Å². The van der Waals surface area contributed by atoms with Crippen LogP contribution in [0.3, 0.4) is 0 Å². The monoisotopic (exact) mass is 320 g/mol. The lowest BCUT2D eigenvalue weighted by molar-refractivity contribution is -0.123. The number of halogens is 1. The molecule has 2 atom stereocenters. The molecule has 4 nitrogen and oxygen atoms in total. The number of hydrogen-bond donors (Lipinski definition) is 2. The molecule has 1 saturated heterocycles. The number of carbonyl (C=O) groups is 1. The molecule has 1 aliphatic carbocycles. The van der Waals surface area contributed by atoms with E-state index in [9.17, 15) is 9.18 Å². The Bertz CT molecular complexity index is 535. The zero-order valence-corrected chi connectivity index (χ0v) is 13.6. The zero-order valence-electron chi connectivity index (χ0n) is 13.6. The summed E-state index contributed by atoms with van der Waals surface area (Å²) >= 11 is 0. The molecule has 2 aliphatic rings. The highest BCUT2D eigenvalue weighted by atomic mass is 19.1. The lowest BCUT2D eigenvalue weighted by atomic mass is 9.79. The average Bonchev–Trinajstić information content (AvgIpc) is 3.35. The quantitative estimate of drug-likeness (QED) is 0.843. The first-order valence-corrected chi connectivity index (χ1v) is 8.36. The number of rotatable bonds is 6. The second-order valence-corrected chi connectivity index (χ2v) is 6.90. The summed E-state index contributed by atoms with van der Waals surface area (Å²) in [5.41, 5.74) is 1.11. The minimum absolute atomic E-state index is 0.0294. The first-order valence-electron chi connectivity index (χ1n) is 8.36. The molecule has 1 saturated carbocycles. The van der Waals surface area contributed by atoms with E-state index in [1.807, 2.05) is 0 Å². The van der Waals surface area contributed by atoms with E-state index >= 15 is 0 Å². The van der Waals surface area contributed by atoms with Crippen molar-refractivity contribution in [2.75, 3.05) is 33.4 Å². The summed E-state index contributed by atoms with van der Waals surface area (Å²) in [5.74, 6) is 0.153. The lowest BCUT2D eigenvalue weighted by Crippen LogP contribution is -2.47. The molecule has 1 aromatic rings. The van der Waals surface area contributed by atoms with Crippen LogP contribution in [0.1, 0.15) is 30.7 Å². The molecule has 0 bridgehead atoms. The van der Waals surface area contributed by atoms with Gasteiger partial charge in [-0.25, -0.2) is 4.39 Å². The van der Waals surface area contributed by atoms with Crippen LogP contribution in [0.15, 0.2) is 24.3 Å². The Morgan fingerprint density at radius 1 is 1.35 bits per heavy atom. The summed E-state index contributed by atoms with van der Waals surface area (Å²) in [6.45, 7) is 3.30. The average molecular weight is 320 g/mol. The van der Waals surface area contributed by atoms with Crippen molar-refractivity contribution < 1.29 is 13.9 Å². The molecule has 2 fully saturated rings. The van der Waals surface area contributed by atoms with Gasteiger partial charge >= 0.3 is 0 Å². The van der Waals surface area contributed by atoms with Crippen LogP contribution in [0.2, 0.25) is 0 Å². The van der Waals surface area contributed by atoms with Crippen LogP contribution in [-0.4, -0.2) is 39.3 Å². The second-order valence-electron chi connectivity index (χ2n) is 6.90. The second kappa shape index (κ2) is 6.97. The van der Waals surface area contributed by atoms with Gasteiger partial charge in [-0.3, -0.25) is 4.79 Å². The number of methoxy groups -OCH3 is 1. The Labute approximate surface area is 136 Å². The first-order chi connectivity index (χ1) is 11.1. The van der Waals surface area contributed by atoms with E-state index in [1.165, 1.54) is 12.1 Å². The highest BCUT2D eigenvalue weighted by Gasteiger charge is 2.44. The number of hydrogen-bond acceptors (Lipinski definition) is 3. The van der Waals surface area contributed by atoms with Crippen LogP contribution < -0.4 is 10.6 Å². The molecule has 3 rings (SSSR count). The van der Waals surface area contributed by atoms with Gasteiger partial charge in [0.25, 0.3) is 0 Å². The van der Waals surface area contributed by atoms with Crippen LogP contribution in [0.5, 0.6) is 0 Å². The van der Waals surface area contributed by atoms with Gasteiger partial charge in [-0.2, -0.15) is 0 Å². The molecular formula is C18H25FN2O2. The Morgan fingerprint density at radius 3 is 2.70 bits per heavy atom. The third-order valence-electron chi connectivity index (χ3n) is 5.18. The third kappa shape index (κ3) is 3.90. The molecule has 1 aliphatic heterocycles. The van der Waals surface area contributed by atoms with Gasteiger partial charge in [0.2, 0.25) is 5.91 Å². The van der Waals surface area contributed by atoms with Gasteiger partial charge in [-0.05, 0) is 56.0 Å². The van der Waals surface area contributed by atoms with Gasteiger partial charge < -0.3 is 15.4 Å². The van der Waals surface area contributed by atoms with Crippen molar-refractivity contribution in [3.63, 3.8) is 0 Å². The van der Waals surface area contributed by atoms with Crippen molar-refractivity contribution >= 4 is 5.91 Å². The summed E-state index contributed by atoms with van der Waals surface area (Å²) in [4.78, 5) is 12.4. The molecule has 1 aromatic carbocycles. The van der Waals surface area contributed by atoms with Crippen LogP contribution in [-0.2, 0) is 9.53 Å². The van der Waals surface area contributed by atoms with Gasteiger partial charge in [0.1, 0.15) is 5.82 Å². The van der Waals surface area contributed by atoms with Crippen molar-refractivity contribution in [2.24, 2.45) is 11.3 Å². The minimum Gasteiger partial charge on any atom is -0.384 e. The lowest BCUT2D eigenvalue weighted by Gasteiger charge is -2.37. The van der Waals surface area contributed by atoms with Gasteiger partial charge in [0.05, 0.1) is 6.61 Å². The number of piperidine rings is 1. The summed E-state index contributed by atoms with van der Waals surface area (Å²) < 4.78 is 18.4. The van der Waals surface area contributed by atoms with Gasteiger partial charge in [0.15, 0.2) is 0 Å². The number of amides is 1. The highest BCUT2D eigenvalue weighted by Crippen LogP contribution is 2.47. The Kier molecular flexibility index (Phi) is 4.97. The van der Waals surface area contributed by atoms with Crippen molar-refractivity contribution in [1.82, 2.24) is 10.6 Å². The summed E-state index contributed by atoms with van der Waals surface area (Å²) in [7, 11) is 1.72. The number of nitrogens with one attached hydrogen (secondary N) is 2.